The smallest absolute Gasteiger partial charge is 0.317 e. The van der Waals surface area contributed by atoms with Gasteiger partial charge in [-0.3, -0.25) is 9.69 Å². The van der Waals surface area contributed by atoms with E-state index in [-0.39, 0.29) is 11.9 Å². The molecule has 3 aliphatic rings. The van der Waals surface area contributed by atoms with Crippen molar-refractivity contribution >= 4 is 11.9 Å². The molecule has 0 unspecified atom stereocenters. The van der Waals surface area contributed by atoms with Crippen LogP contribution in [-0.4, -0.2) is 78.5 Å². The number of amides is 3. The predicted octanol–water partition coefficient (Wildman–Crippen LogP) is 3.69. The molecule has 2 heterocycles. The normalized spacial score (nSPS) is 23.6. The summed E-state index contributed by atoms with van der Waals surface area (Å²) in [4.78, 5) is 32.0. The van der Waals surface area contributed by atoms with Crippen LogP contribution in [0.5, 0.6) is 0 Å². The number of rotatable bonds is 4. The van der Waals surface area contributed by atoms with Crippen LogP contribution in [0.2, 0.25) is 0 Å². The molecule has 1 saturated carbocycles. The first-order valence-electron chi connectivity index (χ1n) is 12.3. The fourth-order valence-corrected chi connectivity index (χ4v) is 5.54. The molecular formula is C25H38N4O2. The Bertz CT molecular complexity index is 754. The molecule has 3 fully saturated rings. The number of hydrogen-bond donors (Lipinski definition) is 1. The first-order valence-corrected chi connectivity index (χ1v) is 12.3. The van der Waals surface area contributed by atoms with Crippen LogP contribution in [-0.2, 0) is 0 Å². The predicted molar refractivity (Wildman–Crippen MR) is 123 cm³/mol. The summed E-state index contributed by atoms with van der Waals surface area (Å²) in [6.07, 6.45) is 8.81. The third kappa shape index (κ3) is 5.40. The van der Waals surface area contributed by atoms with Crippen LogP contribution in [0.4, 0.5) is 4.79 Å². The number of benzene rings is 1. The van der Waals surface area contributed by atoms with Crippen molar-refractivity contribution in [2.75, 3.05) is 45.8 Å². The lowest BCUT2D eigenvalue weighted by Gasteiger charge is -2.40. The zero-order valence-corrected chi connectivity index (χ0v) is 19.0. The Labute approximate surface area is 187 Å². The standard InChI is InChI=1S/C25H38N4O2/c1-2-26-25(31)29-13-7-10-22(19-29)20-8-6-9-21(18-20)24(30)28-16-14-27(15-17-28)23-11-4-3-5-12-23/h6,8-9,18,22-23H,2-5,7,10-17,19H2,1H3,(H,26,31)/t22-/m0/s1. The summed E-state index contributed by atoms with van der Waals surface area (Å²) in [5.41, 5.74) is 1.97. The zero-order valence-electron chi connectivity index (χ0n) is 19.0. The molecular weight excluding hydrogens is 388 g/mol. The SMILES string of the molecule is CCNC(=O)N1CCC[C@H](c2cccc(C(=O)N3CCN(C4CCCCC4)CC3)c2)C1. The van der Waals surface area contributed by atoms with E-state index in [1.165, 1.54) is 37.7 Å². The second-order valence-corrected chi connectivity index (χ2v) is 9.37. The third-order valence-corrected chi connectivity index (χ3v) is 7.33. The largest absolute Gasteiger partial charge is 0.338 e. The summed E-state index contributed by atoms with van der Waals surface area (Å²) >= 11 is 0. The van der Waals surface area contributed by atoms with Gasteiger partial charge in [-0.05, 0) is 50.3 Å². The van der Waals surface area contributed by atoms with Crippen LogP contribution < -0.4 is 5.32 Å². The van der Waals surface area contributed by atoms with Crippen molar-refractivity contribution in [3.05, 3.63) is 35.4 Å². The number of urea groups is 1. The molecule has 0 radical (unpaired) electrons. The minimum Gasteiger partial charge on any atom is -0.338 e. The Morgan fingerprint density at radius 1 is 0.935 bits per heavy atom. The number of piperazine rings is 1. The van der Waals surface area contributed by atoms with Gasteiger partial charge >= 0.3 is 6.03 Å². The first-order chi connectivity index (χ1) is 15.2. The molecule has 1 N–H and O–H groups in total. The molecule has 31 heavy (non-hydrogen) atoms. The number of nitrogens with one attached hydrogen (secondary N) is 1. The highest BCUT2D eigenvalue weighted by molar-refractivity contribution is 5.94. The number of likely N-dealkylation sites (tertiary alicyclic amines) is 1. The highest BCUT2D eigenvalue weighted by atomic mass is 16.2. The highest BCUT2D eigenvalue weighted by Crippen LogP contribution is 2.28. The van der Waals surface area contributed by atoms with Gasteiger partial charge in [0.15, 0.2) is 0 Å². The molecule has 3 amide bonds. The molecule has 2 saturated heterocycles. The molecule has 0 aromatic heterocycles. The number of nitrogens with zero attached hydrogens (tertiary/aromatic N) is 3. The highest BCUT2D eigenvalue weighted by Gasteiger charge is 2.29. The lowest BCUT2D eigenvalue weighted by molar-refractivity contribution is 0.0523. The number of hydrogen-bond acceptors (Lipinski definition) is 3. The summed E-state index contributed by atoms with van der Waals surface area (Å²) in [5, 5.41) is 2.91. The van der Waals surface area contributed by atoms with Crippen molar-refractivity contribution in [1.82, 2.24) is 20.0 Å². The first kappa shape index (κ1) is 22.1. The fraction of sp³-hybridized carbons (Fsp3) is 0.680. The van der Waals surface area contributed by atoms with Gasteiger partial charge in [-0.1, -0.05) is 31.4 Å². The van der Waals surface area contributed by atoms with Crippen molar-refractivity contribution in [3.8, 4) is 0 Å². The van der Waals surface area contributed by atoms with Crippen molar-refractivity contribution in [3.63, 3.8) is 0 Å². The van der Waals surface area contributed by atoms with Crippen LogP contribution in [0, 0.1) is 0 Å². The molecule has 4 rings (SSSR count). The van der Waals surface area contributed by atoms with Crippen LogP contribution in [0.3, 0.4) is 0 Å². The van der Waals surface area contributed by atoms with E-state index in [0.717, 1.165) is 63.7 Å². The van der Waals surface area contributed by atoms with Gasteiger partial charge in [0, 0.05) is 63.3 Å². The molecule has 0 bridgehead atoms. The van der Waals surface area contributed by atoms with Gasteiger partial charge in [0.05, 0.1) is 0 Å². The molecule has 1 aromatic carbocycles. The van der Waals surface area contributed by atoms with Crippen LogP contribution >= 0.6 is 0 Å². The minimum absolute atomic E-state index is 0.0234. The van der Waals surface area contributed by atoms with Crippen molar-refractivity contribution in [2.45, 2.75) is 63.8 Å². The second kappa shape index (κ2) is 10.5. The Balaban J connectivity index is 1.35. The van der Waals surface area contributed by atoms with Gasteiger partial charge in [-0.2, -0.15) is 0 Å². The Hall–Kier alpha value is -2.08. The van der Waals surface area contributed by atoms with Crippen molar-refractivity contribution in [1.29, 1.82) is 0 Å². The van der Waals surface area contributed by atoms with E-state index in [1.54, 1.807) is 0 Å². The van der Waals surface area contributed by atoms with Crippen molar-refractivity contribution < 1.29 is 9.59 Å². The molecule has 6 nitrogen and oxygen atoms in total. The van der Waals surface area contributed by atoms with Gasteiger partial charge < -0.3 is 15.1 Å². The molecule has 1 aromatic rings. The third-order valence-electron chi connectivity index (χ3n) is 7.33. The molecule has 6 heteroatoms. The van der Waals surface area contributed by atoms with E-state index in [2.05, 4.69) is 22.3 Å². The average molecular weight is 427 g/mol. The van der Waals surface area contributed by atoms with E-state index in [1.807, 2.05) is 28.9 Å². The Morgan fingerprint density at radius 2 is 1.71 bits per heavy atom. The maximum atomic E-state index is 13.2. The lowest BCUT2D eigenvalue weighted by Crippen LogP contribution is -2.52. The van der Waals surface area contributed by atoms with E-state index in [9.17, 15) is 9.59 Å². The lowest BCUT2D eigenvalue weighted by atomic mass is 9.89. The average Bonchev–Trinajstić information content (AvgIpc) is 2.84. The summed E-state index contributed by atoms with van der Waals surface area (Å²) < 4.78 is 0. The van der Waals surface area contributed by atoms with Crippen molar-refractivity contribution in [2.24, 2.45) is 0 Å². The summed E-state index contributed by atoms with van der Waals surface area (Å²) in [7, 11) is 0. The van der Waals surface area contributed by atoms with Gasteiger partial charge in [-0.15, -0.1) is 0 Å². The summed E-state index contributed by atoms with van der Waals surface area (Å²) in [6, 6.07) is 8.89. The van der Waals surface area contributed by atoms with Gasteiger partial charge in [0.2, 0.25) is 0 Å². The van der Waals surface area contributed by atoms with Gasteiger partial charge in [-0.25, -0.2) is 4.79 Å². The van der Waals surface area contributed by atoms with Gasteiger partial charge in [0.1, 0.15) is 0 Å². The van der Waals surface area contributed by atoms with Crippen LogP contribution in [0.25, 0.3) is 0 Å². The monoisotopic (exact) mass is 426 g/mol. The number of carbonyl (C=O) groups is 2. The number of piperidine rings is 1. The van der Waals surface area contributed by atoms with Crippen LogP contribution in [0.1, 0.15) is 73.7 Å². The molecule has 1 aliphatic carbocycles. The molecule has 1 atom stereocenters. The quantitative estimate of drug-likeness (QED) is 0.799. The van der Waals surface area contributed by atoms with E-state index in [0.29, 0.717) is 12.5 Å². The van der Waals surface area contributed by atoms with Gasteiger partial charge in [0.25, 0.3) is 5.91 Å². The maximum Gasteiger partial charge on any atom is 0.317 e. The maximum absolute atomic E-state index is 13.2. The Kier molecular flexibility index (Phi) is 7.49. The van der Waals surface area contributed by atoms with Crippen LogP contribution in [0.15, 0.2) is 24.3 Å². The van der Waals surface area contributed by atoms with E-state index in [4.69, 9.17) is 0 Å². The molecule has 170 valence electrons. The van der Waals surface area contributed by atoms with E-state index >= 15 is 0 Å². The topological polar surface area (TPSA) is 55.9 Å². The second-order valence-electron chi connectivity index (χ2n) is 9.37. The zero-order chi connectivity index (χ0) is 21.6. The summed E-state index contributed by atoms with van der Waals surface area (Å²) in [6.45, 7) is 7.79. The number of carbonyl (C=O) groups excluding carboxylic acids is 2. The molecule has 0 spiro atoms. The summed E-state index contributed by atoms with van der Waals surface area (Å²) in [5.74, 6) is 0.453. The minimum atomic E-state index is 0.0234. The Morgan fingerprint density at radius 3 is 2.45 bits per heavy atom. The fourth-order valence-electron chi connectivity index (χ4n) is 5.54. The molecule has 2 aliphatic heterocycles. The van der Waals surface area contributed by atoms with E-state index < -0.39 is 0 Å².